The minimum Gasteiger partial charge on any atom is -0.367 e. The third-order valence-electron chi connectivity index (χ3n) is 5.60. The van der Waals surface area contributed by atoms with E-state index in [-0.39, 0.29) is 5.54 Å². The third-order valence-corrected chi connectivity index (χ3v) is 6.37. The van der Waals surface area contributed by atoms with Crippen LogP contribution in [0, 0.1) is 0 Å². The molecule has 0 aliphatic heterocycles. The van der Waals surface area contributed by atoms with Crippen molar-refractivity contribution in [2.45, 2.75) is 37.3 Å². The summed E-state index contributed by atoms with van der Waals surface area (Å²) in [6.07, 6.45) is 8.39. The van der Waals surface area contributed by atoms with E-state index in [1.807, 2.05) is 18.5 Å². The van der Waals surface area contributed by atoms with Crippen molar-refractivity contribution in [1.29, 1.82) is 0 Å². The average Bonchev–Trinajstić information content (AvgIpc) is 3.13. The van der Waals surface area contributed by atoms with Gasteiger partial charge in [0, 0.05) is 17.8 Å². The summed E-state index contributed by atoms with van der Waals surface area (Å²) in [5, 5.41) is 4.81. The van der Waals surface area contributed by atoms with Crippen LogP contribution >= 0.6 is 11.5 Å². The maximum absolute atomic E-state index is 4.55. The van der Waals surface area contributed by atoms with Gasteiger partial charge in [0.15, 0.2) is 0 Å². The van der Waals surface area contributed by atoms with Gasteiger partial charge in [0.25, 0.3) is 0 Å². The van der Waals surface area contributed by atoms with E-state index in [1.54, 1.807) is 0 Å². The van der Waals surface area contributed by atoms with Crippen LogP contribution in [0.3, 0.4) is 0 Å². The van der Waals surface area contributed by atoms with Crippen molar-refractivity contribution in [2.75, 3.05) is 19.4 Å². The number of fused-ring (bicyclic) bond motifs is 1. The fraction of sp³-hybridized carbons (Fsp3) is 0.400. The molecule has 0 bridgehead atoms. The minimum absolute atomic E-state index is 0.142. The van der Waals surface area contributed by atoms with Gasteiger partial charge in [-0.15, -0.1) is 0 Å². The van der Waals surface area contributed by atoms with Crippen molar-refractivity contribution in [3.8, 4) is 0 Å². The maximum atomic E-state index is 4.55. The summed E-state index contributed by atoms with van der Waals surface area (Å²) in [6, 6.07) is 13.4. The summed E-state index contributed by atoms with van der Waals surface area (Å²) >= 11 is 1.53. The highest BCUT2D eigenvalue weighted by atomic mass is 32.1. The summed E-state index contributed by atoms with van der Waals surface area (Å²) in [5.41, 5.74) is 1.57. The van der Waals surface area contributed by atoms with Crippen LogP contribution in [0.15, 0.2) is 48.8 Å². The molecular weight excluding hydrogens is 328 g/mol. The molecule has 0 atom stereocenters. The van der Waals surface area contributed by atoms with Gasteiger partial charge >= 0.3 is 0 Å². The highest BCUT2D eigenvalue weighted by Crippen LogP contribution is 2.41. The molecule has 0 unspecified atom stereocenters. The van der Waals surface area contributed by atoms with Crippen molar-refractivity contribution in [2.24, 2.45) is 0 Å². The molecule has 0 radical (unpaired) electrons. The van der Waals surface area contributed by atoms with E-state index in [4.69, 9.17) is 0 Å². The Morgan fingerprint density at radius 3 is 2.60 bits per heavy atom. The molecule has 25 heavy (non-hydrogen) atoms. The minimum atomic E-state index is 0.142. The Balaban J connectivity index is 1.51. The average molecular weight is 353 g/mol. The van der Waals surface area contributed by atoms with Crippen LogP contribution in [0.2, 0.25) is 0 Å². The molecule has 5 heteroatoms. The molecule has 3 aromatic rings. The van der Waals surface area contributed by atoms with Gasteiger partial charge in [0.2, 0.25) is 0 Å². The second kappa shape index (κ2) is 6.73. The van der Waals surface area contributed by atoms with Crippen LogP contribution in [0.4, 0.5) is 5.82 Å². The zero-order valence-electron chi connectivity index (χ0n) is 14.8. The molecule has 1 fully saturated rings. The predicted molar refractivity (Wildman–Crippen MR) is 105 cm³/mol. The number of aromatic nitrogens is 2. The van der Waals surface area contributed by atoms with Gasteiger partial charge in [-0.05, 0) is 62.9 Å². The van der Waals surface area contributed by atoms with Crippen LogP contribution in [0.5, 0.6) is 0 Å². The Hall–Kier alpha value is -1.98. The van der Waals surface area contributed by atoms with Gasteiger partial charge < -0.3 is 5.32 Å². The zero-order chi connectivity index (χ0) is 17.3. The molecule has 4 rings (SSSR count). The molecular formula is C20H24N4S. The quantitative estimate of drug-likeness (QED) is 0.750. The third kappa shape index (κ3) is 3.02. The van der Waals surface area contributed by atoms with Gasteiger partial charge in [0.05, 0.1) is 16.3 Å². The first-order valence-corrected chi connectivity index (χ1v) is 9.65. The normalized spacial score (nSPS) is 23.9. The zero-order valence-corrected chi connectivity index (χ0v) is 15.6. The Labute approximate surface area is 153 Å². The number of rotatable bonds is 4. The Morgan fingerprint density at radius 1 is 1.12 bits per heavy atom. The molecule has 0 amide bonds. The summed E-state index contributed by atoms with van der Waals surface area (Å²) in [5.74, 6) is 0.980. The van der Waals surface area contributed by atoms with Crippen molar-refractivity contribution in [3.05, 3.63) is 54.4 Å². The monoisotopic (exact) mass is 352 g/mol. The SMILES string of the molecule is CN(C)C1(c2ccccc2)CCC(Nc2nccc3sncc23)CC1. The van der Waals surface area contributed by atoms with E-state index in [9.17, 15) is 0 Å². The number of hydrogen-bond donors (Lipinski definition) is 1. The molecule has 0 spiro atoms. The lowest BCUT2D eigenvalue weighted by molar-refractivity contribution is 0.0944. The molecule has 2 aromatic heterocycles. The van der Waals surface area contributed by atoms with Crippen molar-refractivity contribution in [3.63, 3.8) is 0 Å². The van der Waals surface area contributed by atoms with Crippen LogP contribution < -0.4 is 5.32 Å². The molecule has 4 nitrogen and oxygen atoms in total. The lowest BCUT2D eigenvalue weighted by atomic mass is 9.74. The number of nitrogens with zero attached hydrogens (tertiary/aromatic N) is 3. The van der Waals surface area contributed by atoms with E-state index in [0.717, 1.165) is 36.9 Å². The molecule has 0 saturated heterocycles. The second-order valence-electron chi connectivity index (χ2n) is 7.11. The molecule has 2 heterocycles. The van der Waals surface area contributed by atoms with Crippen LogP contribution in [0.1, 0.15) is 31.2 Å². The van der Waals surface area contributed by atoms with Crippen LogP contribution in [-0.4, -0.2) is 34.4 Å². The molecule has 1 saturated carbocycles. The van der Waals surface area contributed by atoms with E-state index in [1.165, 1.54) is 21.8 Å². The Morgan fingerprint density at radius 2 is 1.88 bits per heavy atom. The van der Waals surface area contributed by atoms with Gasteiger partial charge in [-0.3, -0.25) is 4.90 Å². The predicted octanol–water partition coefficient (Wildman–Crippen LogP) is 4.50. The largest absolute Gasteiger partial charge is 0.367 e. The number of pyridine rings is 1. The first-order chi connectivity index (χ1) is 12.2. The van der Waals surface area contributed by atoms with Gasteiger partial charge in [-0.2, -0.15) is 4.37 Å². The van der Waals surface area contributed by atoms with Gasteiger partial charge in [-0.25, -0.2) is 4.98 Å². The van der Waals surface area contributed by atoms with Crippen molar-refractivity contribution >= 4 is 27.4 Å². The lowest BCUT2D eigenvalue weighted by Crippen LogP contribution is -2.46. The molecule has 1 aliphatic carbocycles. The fourth-order valence-corrected chi connectivity index (χ4v) is 4.73. The summed E-state index contributed by atoms with van der Waals surface area (Å²) in [4.78, 5) is 6.95. The van der Waals surface area contributed by atoms with Crippen LogP contribution in [-0.2, 0) is 5.54 Å². The highest BCUT2D eigenvalue weighted by Gasteiger charge is 2.38. The highest BCUT2D eigenvalue weighted by molar-refractivity contribution is 7.13. The van der Waals surface area contributed by atoms with Crippen LogP contribution in [0.25, 0.3) is 10.1 Å². The van der Waals surface area contributed by atoms with E-state index >= 15 is 0 Å². The lowest BCUT2D eigenvalue weighted by Gasteiger charge is -2.45. The summed E-state index contributed by atoms with van der Waals surface area (Å²) in [6.45, 7) is 0. The van der Waals surface area contributed by atoms with E-state index < -0.39 is 0 Å². The number of anilines is 1. The van der Waals surface area contributed by atoms with Gasteiger partial charge in [-0.1, -0.05) is 30.3 Å². The summed E-state index contributed by atoms with van der Waals surface area (Å²) < 4.78 is 5.49. The van der Waals surface area contributed by atoms with Gasteiger partial charge in [0.1, 0.15) is 5.82 Å². The first kappa shape index (κ1) is 16.5. The molecule has 1 N–H and O–H groups in total. The Bertz CT molecular complexity index is 835. The van der Waals surface area contributed by atoms with Crippen molar-refractivity contribution < 1.29 is 0 Å². The summed E-state index contributed by atoms with van der Waals surface area (Å²) in [7, 11) is 4.42. The molecule has 1 aliphatic rings. The number of benzene rings is 1. The maximum Gasteiger partial charge on any atom is 0.136 e. The smallest absolute Gasteiger partial charge is 0.136 e. The number of hydrogen-bond acceptors (Lipinski definition) is 5. The first-order valence-electron chi connectivity index (χ1n) is 8.88. The molecule has 130 valence electrons. The fourth-order valence-electron chi connectivity index (χ4n) is 4.09. The second-order valence-corrected chi connectivity index (χ2v) is 7.94. The topological polar surface area (TPSA) is 41.0 Å². The standard InChI is InChI=1S/C20H24N4S/c1-24(2)20(15-6-4-3-5-7-15)11-8-16(9-12-20)23-19-17-14-22-25-18(17)10-13-21-19/h3-7,10,13-14,16H,8-9,11-12H2,1-2H3,(H,21,23). The molecule has 1 aromatic carbocycles. The van der Waals surface area contributed by atoms with E-state index in [2.05, 4.69) is 64.0 Å². The Kier molecular flexibility index (Phi) is 4.44. The number of nitrogens with one attached hydrogen (secondary N) is 1. The van der Waals surface area contributed by atoms with E-state index in [0.29, 0.717) is 6.04 Å². The van der Waals surface area contributed by atoms with Crippen molar-refractivity contribution in [1.82, 2.24) is 14.3 Å².